The van der Waals surface area contributed by atoms with Crippen LogP contribution in [0.2, 0.25) is 0 Å². The van der Waals surface area contributed by atoms with Crippen LogP contribution in [0.15, 0.2) is 65.8 Å². The Balaban J connectivity index is 1.60. The molecule has 1 fully saturated rings. The van der Waals surface area contributed by atoms with Gasteiger partial charge in [0.05, 0.1) is 29.4 Å². The molecule has 0 spiro atoms. The standard InChI is InChI=1S/C23H19FN6O2/c1-14-17(10-11-32-14)30-20-9-5-4-8-19(20)28-13-25-21(22(28)23(30)31)16-12-29(27-26-16)18-7-3-2-6-15(18)24/h2-9,12-14,17H,10-11H2,1H3. The third-order valence-corrected chi connectivity index (χ3v) is 6.09. The van der Waals surface area contributed by atoms with Crippen LogP contribution in [0.5, 0.6) is 0 Å². The van der Waals surface area contributed by atoms with Crippen molar-refractivity contribution in [1.29, 1.82) is 0 Å². The molecule has 6 rings (SSSR count). The van der Waals surface area contributed by atoms with Crippen molar-refractivity contribution in [3.8, 4) is 17.1 Å². The molecule has 4 heterocycles. The Morgan fingerprint density at radius 3 is 2.66 bits per heavy atom. The van der Waals surface area contributed by atoms with Crippen molar-refractivity contribution < 1.29 is 9.13 Å². The molecule has 5 aromatic rings. The predicted octanol–water partition coefficient (Wildman–Crippen LogP) is 3.39. The third-order valence-electron chi connectivity index (χ3n) is 6.09. The van der Waals surface area contributed by atoms with Crippen molar-refractivity contribution in [2.24, 2.45) is 0 Å². The van der Waals surface area contributed by atoms with Gasteiger partial charge < -0.3 is 4.74 Å². The smallest absolute Gasteiger partial charge is 0.278 e. The lowest BCUT2D eigenvalue weighted by atomic mass is 10.1. The molecule has 160 valence electrons. The zero-order chi connectivity index (χ0) is 21.8. The number of ether oxygens (including phenoxy) is 1. The summed E-state index contributed by atoms with van der Waals surface area (Å²) in [6.07, 6.45) is 3.89. The Morgan fingerprint density at radius 1 is 1.09 bits per heavy atom. The van der Waals surface area contributed by atoms with Crippen LogP contribution in [-0.2, 0) is 4.74 Å². The van der Waals surface area contributed by atoms with Crippen molar-refractivity contribution in [3.63, 3.8) is 0 Å². The number of hydrogen-bond donors (Lipinski definition) is 0. The van der Waals surface area contributed by atoms with Gasteiger partial charge in [-0.25, -0.2) is 14.1 Å². The first-order chi connectivity index (χ1) is 15.6. The van der Waals surface area contributed by atoms with Gasteiger partial charge in [0.15, 0.2) is 0 Å². The molecule has 8 nitrogen and oxygen atoms in total. The van der Waals surface area contributed by atoms with E-state index in [1.54, 1.807) is 35.1 Å². The summed E-state index contributed by atoms with van der Waals surface area (Å²) < 4.78 is 24.9. The van der Waals surface area contributed by atoms with E-state index in [2.05, 4.69) is 15.3 Å². The fraction of sp³-hybridized carbons (Fsp3) is 0.217. The second-order valence-electron chi connectivity index (χ2n) is 7.91. The van der Waals surface area contributed by atoms with Gasteiger partial charge in [0.2, 0.25) is 0 Å². The van der Waals surface area contributed by atoms with Crippen molar-refractivity contribution in [1.82, 2.24) is 28.9 Å². The van der Waals surface area contributed by atoms with Crippen LogP contribution in [0.1, 0.15) is 19.4 Å². The number of rotatable bonds is 3. The fourth-order valence-electron chi connectivity index (χ4n) is 4.53. The van der Waals surface area contributed by atoms with Gasteiger partial charge in [-0.2, -0.15) is 0 Å². The second-order valence-corrected chi connectivity index (χ2v) is 7.91. The van der Waals surface area contributed by atoms with Crippen molar-refractivity contribution in [3.05, 3.63) is 77.2 Å². The zero-order valence-corrected chi connectivity index (χ0v) is 17.2. The van der Waals surface area contributed by atoms with Crippen LogP contribution in [0, 0.1) is 5.82 Å². The van der Waals surface area contributed by atoms with Gasteiger partial charge in [0, 0.05) is 6.61 Å². The lowest BCUT2D eigenvalue weighted by Gasteiger charge is -2.20. The van der Waals surface area contributed by atoms with Crippen LogP contribution in [-0.4, -0.2) is 41.7 Å². The van der Waals surface area contributed by atoms with Gasteiger partial charge in [0.25, 0.3) is 5.56 Å². The van der Waals surface area contributed by atoms with E-state index >= 15 is 0 Å². The Hall–Kier alpha value is -3.85. The summed E-state index contributed by atoms with van der Waals surface area (Å²) >= 11 is 0. The third kappa shape index (κ3) is 2.71. The molecule has 0 N–H and O–H groups in total. The normalized spacial score (nSPS) is 18.7. The molecule has 0 aliphatic carbocycles. The number of nitrogens with zero attached hydrogens (tertiary/aromatic N) is 6. The topological polar surface area (TPSA) is 79.2 Å². The minimum absolute atomic E-state index is 0.0748. The average Bonchev–Trinajstić information content (AvgIpc) is 3.54. The molecular formula is C23H19FN6O2. The molecule has 0 bridgehead atoms. The van der Waals surface area contributed by atoms with Gasteiger partial charge in [-0.15, -0.1) is 5.10 Å². The minimum atomic E-state index is -0.415. The lowest BCUT2D eigenvalue weighted by molar-refractivity contribution is 0.108. The Morgan fingerprint density at radius 2 is 1.88 bits per heavy atom. The van der Waals surface area contributed by atoms with Crippen LogP contribution in [0.25, 0.3) is 33.6 Å². The first-order valence-electron chi connectivity index (χ1n) is 10.4. The maximum absolute atomic E-state index is 14.2. The van der Waals surface area contributed by atoms with Crippen LogP contribution < -0.4 is 5.56 Å². The quantitative estimate of drug-likeness (QED) is 0.438. The highest BCUT2D eigenvalue weighted by Gasteiger charge is 2.30. The van der Waals surface area contributed by atoms with E-state index in [9.17, 15) is 9.18 Å². The van der Waals surface area contributed by atoms with Crippen molar-refractivity contribution >= 4 is 16.6 Å². The summed E-state index contributed by atoms with van der Waals surface area (Å²) in [5.74, 6) is -0.415. The molecule has 2 atom stereocenters. The largest absolute Gasteiger partial charge is 0.376 e. The summed E-state index contributed by atoms with van der Waals surface area (Å²) in [6.45, 7) is 2.60. The summed E-state index contributed by atoms with van der Waals surface area (Å²) in [6, 6.07) is 14.0. The summed E-state index contributed by atoms with van der Waals surface area (Å²) in [5, 5.41) is 8.25. The minimum Gasteiger partial charge on any atom is -0.376 e. The van der Waals surface area contributed by atoms with Crippen LogP contribution in [0.3, 0.4) is 0 Å². The van der Waals surface area contributed by atoms with Crippen molar-refractivity contribution in [2.75, 3.05) is 6.61 Å². The Bertz CT molecular complexity index is 1530. The second kappa shape index (κ2) is 7.10. The first-order valence-corrected chi connectivity index (χ1v) is 10.4. The number of para-hydroxylation sites is 3. The van der Waals surface area contributed by atoms with E-state index < -0.39 is 5.82 Å². The summed E-state index contributed by atoms with van der Waals surface area (Å²) in [4.78, 5) is 18.3. The van der Waals surface area contributed by atoms with E-state index in [0.29, 0.717) is 23.5 Å². The molecule has 0 radical (unpaired) electrons. The fourth-order valence-corrected chi connectivity index (χ4v) is 4.53. The number of aromatic nitrogens is 6. The molecule has 3 aromatic heterocycles. The average molecular weight is 430 g/mol. The monoisotopic (exact) mass is 430 g/mol. The summed E-state index contributed by atoms with van der Waals surface area (Å²) in [5.41, 5.74) is 3.00. The number of imidazole rings is 1. The summed E-state index contributed by atoms with van der Waals surface area (Å²) in [7, 11) is 0. The molecule has 1 saturated heterocycles. The zero-order valence-electron chi connectivity index (χ0n) is 17.2. The molecule has 1 aliphatic rings. The highest BCUT2D eigenvalue weighted by Crippen LogP contribution is 2.30. The maximum atomic E-state index is 14.2. The Labute approximate surface area is 181 Å². The molecule has 0 amide bonds. The van der Waals surface area contributed by atoms with Gasteiger partial charge in [-0.1, -0.05) is 29.5 Å². The molecule has 0 saturated carbocycles. The van der Waals surface area contributed by atoms with Gasteiger partial charge >= 0.3 is 0 Å². The lowest BCUT2D eigenvalue weighted by Crippen LogP contribution is -2.30. The van der Waals surface area contributed by atoms with E-state index in [1.807, 2.05) is 35.8 Å². The molecular weight excluding hydrogens is 411 g/mol. The highest BCUT2D eigenvalue weighted by molar-refractivity contribution is 5.84. The van der Waals surface area contributed by atoms with Crippen molar-refractivity contribution in [2.45, 2.75) is 25.5 Å². The van der Waals surface area contributed by atoms with Gasteiger partial charge in [-0.05, 0) is 37.6 Å². The molecule has 2 aromatic carbocycles. The molecule has 2 unspecified atom stereocenters. The van der Waals surface area contributed by atoms with E-state index in [1.165, 1.54) is 10.7 Å². The van der Waals surface area contributed by atoms with Gasteiger partial charge in [-0.3, -0.25) is 13.8 Å². The first kappa shape index (κ1) is 18.9. The van der Waals surface area contributed by atoms with E-state index in [-0.39, 0.29) is 23.4 Å². The van der Waals surface area contributed by atoms with Gasteiger partial charge in [0.1, 0.15) is 34.7 Å². The number of benzene rings is 2. The molecule has 32 heavy (non-hydrogen) atoms. The molecule has 1 aliphatic heterocycles. The number of halogens is 1. The Kier molecular flexibility index (Phi) is 4.19. The van der Waals surface area contributed by atoms with Crippen LogP contribution >= 0.6 is 0 Å². The SMILES string of the molecule is CC1OCCC1n1c(=O)c2c(-c3cn(-c4ccccc4F)nn3)ncn2c2ccccc21. The van der Waals surface area contributed by atoms with E-state index in [0.717, 1.165) is 17.5 Å². The highest BCUT2D eigenvalue weighted by atomic mass is 19.1. The van der Waals surface area contributed by atoms with E-state index in [4.69, 9.17) is 4.74 Å². The molecule has 9 heteroatoms. The number of hydrogen-bond acceptors (Lipinski definition) is 5. The van der Waals surface area contributed by atoms with Crippen LogP contribution in [0.4, 0.5) is 4.39 Å². The maximum Gasteiger partial charge on any atom is 0.278 e. The predicted molar refractivity (Wildman–Crippen MR) is 116 cm³/mol. The number of fused-ring (bicyclic) bond motifs is 3.